The van der Waals surface area contributed by atoms with E-state index in [0.29, 0.717) is 6.42 Å². The van der Waals surface area contributed by atoms with Gasteiger partial charge in [0.2, 0.25) is 0 Å². The van der Waals surface area contributed by atoms with E-state index in [9.17, 15) is 0 Å². The van der Waals surface area contributed by atoms with Crippen molar-refractivity contribution < 1.29 is 15.3 Å². The van der Waals surface area contributed by atoms with Crippen LogP contribution in [-0.4, -0.2) is 21.6 Å². The molecule has 0 fully saturated rings. The molecule has 0 heterocycles. The van der Waals surface area contributed by atoms with Gasteiger partial charge in [-0.05, 0) is 6.42 Å². The van der Waals surface area contributed by atoms with E-state index in [1.165, 1.54) is 0 Å². The zero-order chi connectivity index (χ0) is 7.28. The highest BCUT2D eigenvalue weighted by molar-refractivity contribution is 4.76. The first kappa shape index (κ1) is 8.88. The molecule has 0 bridgehead atoms. The van der Waals surface area contributed by atoms with Crippen LogP contribution in [-0.2, 0) is 0 Å². The lowest BCUT2D eigenvalue weighted by molar-refractivity contribution is -0.0735. The molecule has 0 amide bonds. The summed E-state index contributed by atoms with van der Waals surface area (Å²) >= 11 is 0. The van der Waals surface area contributed by atoms with Crippen LogP contribution in [0.25, 0.3) is 0 Å². The Balaban J connectivity index is 3.16. The van der Waals surface area contributed by atoms with E-state index >= 15 is 0 Å². The van der Waals surface area contributed by atoms with Crippen LogP contribution < -0.4 is 0 Å². The van der Waals surface area contributed by atoms with Gasteiger partial charge in [0.1, 0.15) is 6.10 Å². The molecular formula is C6H13O3. The van der Waals surface area contributed by atoms with E-state index in [0.717, 1.165) is 12.8 Å². The molecule has 0 saturated carbocycles. The molecule has 9 heavy (non-hydrogen) atoms. The van der Waals surface area contributed by atoms with Gasteiger partial charge in [0.05, 0.1) is 0 Å². The topological polar surface area (TPSA) is 60.7 Å². The number of hydrogen-bond donors (Lipinski definition) is 3. The van der Waals surface area contributed by atoms with Crippen LogP contribution in [0.3, 0.4) is 0 Å². The monoisotopic (exact) mass is 133 g/mol. The predicted octanol–water partition coefficient (Wildman–Crippen LogP) is 0.392. The molecule has 3 nitrogen and oxygen atoms in total. The molecule has 0 aliphatic rings. The fourth-order valence-corrected chi connectivity index (χ4v) is 0.487. The Morgan fingerprint density at radius 3 is 2.33 bits per heavy atom. The zero-order valence-electron chi connectivity index (χ0n) is 5.54. The van der Waals surface area contributed by atoms with Crippen molar-refractivity contribution in [3.63, 3.8) is 0 Å². The summed E-state index contributed by atoms with van der Waals surface area (Å²) in [5, 5.41) is 25.3. The fraction of sp³-hybridized carbons (Fsp3) is 0.833. The highest BCUT2D eigenvalue weighted by Crippen LogP contribution is 2.09. The van der Waals surface area contributed by atoms with Crippen molar-refractivity contribution in [2.45, 2.75) is 32.5 Å². The molecular weight excluding hydrogens is 120 g/mol. The number of rotatable bonds is 4. The summed E-state index contributed by atoms with van der Waals surface area (Å²) in [6.45, 7) is 1.97. The lowest BCUT2D eigenvalue weighted by Crippen LogP contribution is -2.16. The molecule has 0 aromatic heterocycles. The molecule has 3 N–H and O–H groups in total. The Bertz CT molecular complexity index is 63.3. The SMILES string of the molecule is CCCC[C](O)C(O)O. The third kappa shape index (κ3) is 4.39. The number of aliphatic hydroxyl groups is 3. The average Bonchev–Trinajstić information content (AvgIpc) is 1.82. The average molecular weight is 133 g/mol. The Kier molecular flexibility index (Phi) is 4.67. The molecule has 0 unspecified atom stereocenters. The summed E-state index contributed by atoms with van der Waals surface area (Å²) in [5.41, 5.74) is 0. The summed E-state index contributed by atoms with van der Waals surface area (Å²) < 4.78 is 0. The lowest BCUT2D eigenvalue weighted by atomic mass is 10.1. The van der Waals surface area contributed by atoms with Crippen molar-refractivity contribution in [1.29, 1.82) is 0 Å². The van der Waals surface area contributed by atoms with Crippen LogP contribution in [0.15, 0.2) is 0 Å². The van der Waals surface area contributed by atoms with Crippen molar-refractivity contribution in [3.05, 3.63) is 6.10 Å². The molecule has 1 radical (unpaired) electrons. The van der Waals surface area contributed by atoms with E-state index in [2.05, 4.69) is 0 Å². The van der Waals surface area contributed by atoms with E-state index in [-0.39, 0.29) is 6.10 Å². The molecule has 0 saturated heterocycles. The second-order valence-electron chi connectivity index (χ2n) is 1.97. The standard InChI is InChI=1S/C6H13O3/c1-2-3-4-5(7)6(8)9/h6-9H,2-4H2,1H3. The Morgan fingerprint density at radius 2 is 2.00 bits per heavy atom. The highest BCUT2D eigenvalue weighted by atomic mass is 16.5. The maximum absolute atomic E-state index is 8.67. The van der Waals surface area contributed by atoms with Gasteiger partial charge < -0.3 is 15.3 Å². The van der Waals surface area contributed by atoms with E-state index in [4.69, 9.17) is 15.3 Å². The second kappa shape index (κ2) is 4.73. The maximum Gasteiger partial charge on any atom is 0.184 e. The molecule has 3 heteroatoms. The Hall–Kier alpha value is -0.120. The van der Waals surface area contributed by atoms with Crippen molar-refractivity contribution >= 4 is 0 Å². The minimum atomic E-state index is -1.66. The van der Waals surface area contributed by atoms with Crippen LogP contribution in [0, 0.1) is 6.10 Å². The zero-order valence-corrected chi connectivity index (χ0v) is 5.54. The van der Waals surface area contributed by atoms with Crippen LogP contribution >= 0.6 is 0 Å². The molecule has 0 aliphatic heterocycles. The molecule has 0 aromatic carbocycles. The van der Waals surface area contributed by atoms with Gasteiger partial charge in [0, 0.05) is 0 Å². The van der Waals surface area contributed by atoms with Gasteiger partial charge in [0.15, 0.2) is 6.29 Å². The molecule has 0 aromatic rings. The van der Waals surface area contributed by atoms with Gasteiger partial charge in [0.25, 0.3) is 0 Å². The third-order valence-electron chi connectivity index (χ3n) is 1.08. The first-order chi connectivity index (χ1) is 4.18. The highest BCUT2D eigenvalue weighted by Gasteiger charge is 2.12. The van der Waals surface area contributed by atoms with Gasteiger partial charge in [-0.1, -0.05) is 19.8 Å². The first-order valence-electron chi connectivity index (χ1n) is 3.09. The van der Waals surface area contributed by atoms with Crippen molar-refractivity contribution in [2.75, 3.05) is 0 Å². The summed E-state index contributed by atoms with van der Waals surface area (Å²) in [4.78, 5) is 0. The van der Waals surface area contributed by atoms with Crippen LogP contribution in [0.2, 0.25) is 0 Å². The van der Waals surface area contributed by atoms with Gasteiger partial charge in [-0.3, -0.25) is 0 Å². The fourth-order valence-electron chi connectivity index (χ4n) is 0.487. The Morgan fingerprint density at radius 1 is 1.44 bits per heavy atom. The summed E-state index contributed by atoms with van der Waals surface area (Å²) in [7, 11) is 0. The number of aliphatic hydroxyl groups excluding tert-OH is 2. The van der Waals surface area contributed by atoms with E-state index in [1.54, 1.807) is 0 Å². The smallest absolute Gasteiger partial charge is 0.184 e. The van der Waals surface area contributed by atoms with Crippen LogP contribution in [0.5, 0.6) is 0 Å². The molecule has 0 spiro atoms. The van der Waals surface area contributed by atoms with Crippen molar-refractivity contribution in [2.24, 2.45) is 0 Å². The Labute approximate surface area is 54.9 Å². The number of unbranched alkanes of at least 4 members (excludes halogenated alkanes) is 1. The molecule has 0 atom stereocenters. The van der Waals surface area contributed by atoms with E-state index < -0.39 is 6.29 Å². The van der Waals surface area contributed by atoms with Gasteiger partial charge >= 0.3 is 0 Å². The molecule has 55 valence electrons. The van der Waals surface area contributed by atoms with Gasteiger partial charge in [-0.2, -0.15) is 0 Å². The quantitative estimate of drug-likeness (QED) is 0.486. The lowest BCUT2D eigenvalue weighted by Gasteiger charge is -2.08. The summed E-state index contributed by atoms with van der Waals surface area (Å²) in [6, 6.07) is 0. The van der Waals surface area contributed by atoms with Gasteiger partial charge in [-0.15, -0.1) is 0 Å². The van der Waals surface area contributed by atoms with Crippen molar-refractivity contribution in [3.8, 4) is 0 Å². The first-order valence-corrected chi connectivity index (χ1v) is 3.09. The predicted molar refractivity (Wildman–Crippen MR) is 32.9 cm³/mol. The maximum atomic E-state index is 8.67. The van der Waals surface area contributed by atoms with Crippen LogP contribution in [0.4, 0.5) is 0 Å². The molecule has 0 rings (SSSR count). The summed E-state index contributed by atoms with van der Waals surface area (Å²) in [6.07, 6.45) is 0.224. The van der Waals surface area contributed by atoms with E-state index in [1.807, 2.05) is 6.92 Å². The normalized spacial score (nSPS) is 11.3. The third-order valence-corrected chi connectivity index (χ3v) is 1.08. The summed E-state index contributed by atoms with van der Waals surface area (Å²) in [5.74, 6) is 0. The van der Waals surface area contributed by atoms with Crippen LogP contribution in [0.1, 0.15) is 26.2 Å². The second-order valence-corrected chi connectivity index (χ2v) is 1.97. The van der Waals surface area contributed by atoms with Gasteiger partial charge in [-0.25, -0.2) is 0 Å². The molecule has 0 aliphatic carbocycles. The minimum Gasteiger partial charge on any atom is -0.381 e. The number of hydrogen-bond acceptors (Lipinski definition) is 3. The largest absolute Gasteiger partial charge is 0.381 e. The minimum absolute atomic E-state index is 0.239. The van der Waals surface area contributed by atoms with Crippen molar-refractivity contribution in [1.82, 2.24) is 0 Å².